The molecule has 2 aromatic carbocycles. The number of amides is 1. The third-order valence-corrected chi connectivity index (χ3v) is 5.72. The Morgan fingerprint density at radius 3 is 2.64 bits per heavy atom. The van der Waals surface area contributed by atoms with Crippen molar-refractivity contribution in [3.8, 4) is 0 Å². The normalized spacial score (nSPS) is 15.6. The van der Waals surface area contributed by atoms with Crippen LogP contribution in [0.2, 0.25) is 0 Å². The first kappa shape index (κ1) is 18.4. The molecule has 0 unspecified atom stereocenters. The molecule has 0 radical (unpaired) electrons. The minimum atomic E-state index is -0.180. The van der Waals surface area contributed by atoms with Crippen molar-refractivity contribution in [2.24, 2.45) is 5.92 Å². The predicted molar refractivity (Wildman–Crippen MR) is 110 cm³/mol. The lowest BCUT2D eigenvalue weighted by Gasteiger charge is -2.25. The summed E-state index contributed by atoms with van der Waals surface area (Å²) in [6, 6.07) is 15.6. The van der Waals surface area contributed by atoms with E-state index in [1.807, 2.05) is 37.3 Å². The van der Waals surface area contributed by atoms with Crippen molar-refractivity contribution >= 4 is 16.8 Å². The average molecular weight is 375 g/mol. The van der Waals surface area contributed by atoms with Crippen molar-refractivity contribution in [3.63, 3.8) is 0 Å². The molecule has 4 rings (SSSR count). The predicted octanol–water partition coefficient (Wildman–Crippen LogP) is 3.75. The maximum Gasteiger partial charge on any atom is 0.261 e. The molecule has 0 bridgehead atoms. The van der Waals surface area contributed by atoms with Crippen LogP contribution in [0.1, 0.15) is 42.9 Å². The number of carbonyl (C=O) groups excluding carboxylic acids is 1. The number of rotatable bonds is 5. The number of hydrogen-bond acceptors (Lipinski definition) is 3. The summed E-state index contributed by atoms with van der Waals surface area (Å²) in [6.45, 7) is 1.91. The number of fused-ring (bicyclic) bond motifs is 1. The van der Waals surface area contributed by atoms with Gasteiger partial charge in [-0.1, -0.05) is 55.3 Å². The second-order valence-corrected chi connectivity index (χ2v) is 7.65. The summed E-state index contributed by atoms with van der Waals surface area (Å²) < 4.78 is 1.40. The van der Waals surface area contributed by atoms with Crippen LogP contribution in [-0.2, 0) is 11.3 Å². The van der Waals surface area contributed by atoms with E-state index in [9.17, 15) is 9.59 Å². The highest BCUT2D eigenvalue weighted by Crippen LogP contribution is 2.35. The number of benzene rings is 2. The molecule has 1 amide bonds. The fraction of sp³-hybridized carbons (Fsp3) is 0.348. The van der Waals surface area contributed by atoms with Gasteiger partial charge >= 0.3 is 0 Å². The summed E-state index contributed by atoms with van der Waals surface area (Å²) in [5.74, 6) is 0.289. The molecular weight excluding hydrogens is 350 g/mol. The number of aromatic nitrogens is 2. The second kappa shape index (κ2) is 7.97. The zero-order valence-electron chi connectivity index (χ0n) is 16.1. The zero-order chi connectivity index (χ0) is 19.5. The number of aryl methyl sites for hydroxylation is 1. The van der Waals surface area contributed by atoms with Crippen LogP contribution >= 0.6 is 0 Å². The van der Waals surface area contributed by atoms with Gasteiger partial charge in [0.1, 0.15) is 6.54 Å². The molecule has 28 heavy (non-hydrogen) atoms. The zero-order valence-corrected chi connectivity index (χ0v) is 16.1. The van der Waals surface area contributed by atoms with E-state index in [4.69, 9.17) is 0 Å². The number of carbonyl (C=O) groups is 1. The minimum Gasteiger partial charge on any atom is -0.347 e. The third-order valence-electron chi connectivity index (χ3n) is 5.72. The molecule has 1 aliphatic rings. The average Bonchev–Trinajstić information content (AvgIpc) is 3.24. The summed E-state index contributed by atoms with van der Waals surface area (Å²) in [4.78, 5) is 30.0. The summed E-state index contributed by atoms with van der Waals surface area (Å²) >= 11 is 0. The summed E-state index contributed by atoms with van der Waals surface area (Å²) in [7, 11) is 0. The number of nitrogens with zero attached hydrogens (tertiary/aromatic N) is 2. The van der Waals surface area contributed by atoms with Crippen LogP contribution in [0, 0.1) is 12.8 Å². The fourth-order valence-electron chi connectivity index (χ4n) is 4.25. The quantitative estimate of drug-likeness (QED) is 0.739. The van der Waals surface area contributed by atoms with Crippen molar-refractivity contribution in [3.05, 3.63) is 76.3 Å². The van der Waals surface area contributed by atoms with Crippen LogP contribution < -0.4 is 10.9 Å². The second-order valence-electron chi connectivity index (χ2n) is 7.65. The van der Waals surface area contributed by atoms with Gasteiger partial charge in [0.25, 0.3) is 5.56 Å². The van der Waals surface area contributed by atoms with E-state index in [0.29, 0.717) is 16.8 Å². The largest absolute Gasteiger partial charge is 0.347 e. The van der Waals surface area contributed by atoms with Crippen molar-refractivity contribution in [2.45, 2.75) is 45.2 Å². The lowest BCUT2D eigenvalue weighted by Crippen LogP contribution is -2.37. The van der Waals surface area contributed by atoms with Gasteiger partial charge in [-0.15, -0.1) is 0 Å². The van der Waals surface area contributed by atoms with Gasteiger partial charge in [0.05, 0.1) is 23.3 Å². The standard InChI is InChI=1S/C23H25N3O2/c1-16-8-7-13-19-21(16)24-15-26(23(19)28)14-20(27)25-22(18-11-5-6-12-18)17-9-3-2-4-10-17/h2-4,7-10,13,15,18,22H,5-6,11-12,14H2,1H3,(H,25,27)/t22-/m0/s1. The molecule has 1 saturated carbocycles. The topological polar surface area (TPSA) is 64.0 Å². The SMILES string of the molecule is Cc1cccc2c(=O)n(CC(=O)N[C@@H](c3ccccc3)C3CCCC3)cnc12. The van der Waals surface area contributed by atoms with Gasteiger partial charge in [-0.3, -0.25) is 14.2 Å². The van der Waals surface area contributed by atoms with Gasteiger partial charge < -0.3 is 5.32 Å². The lowest BCUT2D eigenvalue weighted by atomic mass is 9.91. The Morgan fingerprint density at radius 2 is 1.89 bits per heavy atom. The van der Waals surface area contributed by atoms with Crippen molar-refractivity contribution < 1.29 is 4.79 Å². The van der Waals surface area contributed by atoms with Crippen molar-refractivity contribution in [1.82, 2.24) is 14.9 Å². The molecule has 1 aromatic heterocycles. The van der Waals surface area contributed by atoms with Gasteiger partial charge in [0.15, 0.2) is 0 Å². The Labute approximate surface area is 164 Å². The summed E-state index contributed by atoms with van der Waals surface area (Å²) in [5.41, 5.74) is 2.59. The van der Waals surface area contributed by atoms with E-state index in [-0.39, 0.29) is 24.1 Å². The van der Waals surface area contributed by atoms with Crippen LogP contribution in [0.25, 0.3) is 10.9 Å². The molecule has 1 atom stereocenters. The van der Waals surface area contributed by atoms with Crippen LogP contribution in [0.5, 0.6) is 0 Å². The Kier molecular flexibility index (Phi) is 5.24. The highest BCUT2D eigenvalue weighted by molar-refractivity contribution is 5.81. The van der Waals surface area contributed by atoms with Gasteiger partial charge in [-0.25, -0.2) is 4.98 Å². The molecule has 0 spiro atoms. The molecule has 3 aromatic rings. The first-order valence-electron chi connectivity index (χ1n) is 9.92. The molecule has 0 saturated heterocycles. The van der Waals surface area contributed by atoms with E-state index < -0.39 is 0 Å². The smallest absolute Gasteiger partial charge is 0.261 e. The van der Waals surface area contributed by atoms with E-state index >= 15 is 0 Å². The van der Waals surface area contributed by atoms with Gasteiger partial charge in [0.2, 0.25) is 5.91 Å². The molecule has 1 aliphatic carbocycles. The van der Waals surface area contributed by atoms with E-state index in [1.54, 1.807) is 6.07 Å². The van der Waals surface area contributed by atoms with E-state index in [0.717, 1.165) is 24.0 Å². The van der Waals surface area contributed by atoms with Crippen LogP contribution in [0.4, 0.5) is 0 Å². The maximum atomic E-state index is 12.8. The first-order valence-corrected chi connectivity index (χ1v) is 9.92. The van der Waals surface area contributed by atoms with E-state index in [1.165, 1.54) is 23.7 Å². The molecular formula is C23H25N3O2. The van der Waals surface area contributed by atoms with Crippen LogP contribution in [0.15, 0.2) is 59.7 Å². The van der Waals surface area contributed by atoms with Crippen LogP contribution in [0.3, 0.4) is 0 Å². The number of hydrogen-bond donors (Lipinski definition) is 1. The molecule has 1 fully saturated rings. The van der Waals surface area contributed by atoms with Gasteiger partial charge in [0, 0.05) is 0 Å². The summed E-state index contributed by atoms with van der Waals surface area (Å²) in [6.07, 6.45) is 6.13. The van der Waals surface area contributed by atoms with Crippen molar-refractivity contribution in [1.29, 1.82) is 0 Å². The molecule has 1 N–H and O–H groups in total. The number of nitrogens with one attached hydrogen (secondary N) is 1. The molecule has 144 valence electrons. The van der Waals surface area contributed by atoms with Crippen LogP contribution in [-0.4, -0.2) is 15.5 Å². The highest BCUT2D eigenvalue weighted by Gasteiger charge is 2.27. The Hall–Kier alpha value is -2.95. The number of para-hydroxylation sites is 1. The first-order chi connectivity index (χ1) is 13.6. The fourth-order valence-corrected chi connectivity index (χ4v) is 4.25. The lowest BCUT2D eigenvalue weighted by molar-refractivity contribution is -0.122. The minimum absolute atomic E-state index is 0.0115. The molecule has 0 aliphatic heterocycles. The molecule has 1 heterocycles. The molecule has 5 heteroatoms. The van der Waals surface area contributed by atoms with Gasteiger partial charge in [-0.05, 0) is 42.9 Å². The molecule has 5 nitrogen and oxygen atoms in total. The Morgan fingerprint density at radius 1 is 1.14 bits per heavy atom. The monoisotopic (exact) mass is 375 g/mol. The van der Waals surface area contributed by atoms with Gasteiger partial charge in [-0.2, -0.15) is 0 Å². The Balaban J connectivity index is 1.56. The summed E-state index contributed by atoms with van der Waals surface area (Å²) in [5, 5.41) is 3.73. The van der Waals surface area contributed by atoms with E-state index in [2.05, 4.69) is 22.4 Å². The third kappa shape index (κ3) is 3.70. The maximum absolute atomic E-state index is 12.8. The Bertz CT molecular complexity index is 1040. The highest BCUT2D eigenvalue weighted by atomic mass is 16.2. The van der Waals surface area contributed by atoms with Crippen molar-refractivity contribution in [2.75, 3.05) is 0 Å².